The van der Waals surface area contributed by atoms with Gasteiger partial charge in [-0.25, -0.2) is 0 Å². The lowest BCUT2D eigenvalue weighted by atomic mass is 9.92. The molecule has 3 rings (SSSR count). The molecule has 0 amide bonds. The van der Waals surface area contributed by atoms with Crippen molar-refractivity contribution in [3.8, 4) is 11.5 Å². The Hall–Kier alpha value is -2.57. The largest absolute Gasteiger partial charge is 0.622 e. The molecule has 2 aromatic carbocycles. The van der Waals surface area contributed by atoms with Gasteiger partial charge in [0.15, 0.2) is 11.5 Å². The summed E-state index contributed by atoms with van der Waals surface area (Å²) in [6.07, 6.45) is 0. The van der Waals surface area contributed by atoms with Gasteiger partial charge in [0.1, 0.15) is 5.54 Å². The molecule has 1 atom stereocenters. The summed E-state index contributed by atoms with van der Waals surface area (Å²) in [4.78, 5) is 0. The first kappa shape index (κ1) is 18.2. The zero-order chi connectivity index (χ0) is 19.1. The van der Waals surface area contributed by atoms with E-state index in [2.05, 4.69) is 0 Å². The van der Waals surface area contributed by atoms with E-state index < -0.39 is 11.2 Å². The standard InChI is InChI=1S/C20H24N2O4/c1-19(2)18(14-9-7-6-8-10-14)21(23)20(3,22(19)24)15-11-12-16(25-4)17(13-15)26-5/h6-13,24H,1-5H3/t20-/m1/s1. The van der Waals surface area contributed by atoms with Crippen LogP contribution in [0.5, 0.6) is 11.5 Å². The molecular formula is C20H24N2O4. The van der Waals surface area contributed by atoms with Crippen molar-refractivity contribution in [3.63, 3.8) is 0 Å². The molecule has 0 aromatic heterocycles. The number of ether oxygens (including phenoxy) is 2. The predicted octanol–water partition coefficient (Wildman–Crippen LogP) is 3.36. The lowest BCUT2D eigenvalue weighted by Crippen LogP contribution is -2.51. The summed E-state index contributed by atoms with van der Waals surface area (Å²) in [5.41, 5.74) is -0.320. The van der Waals surface area contributed by atoms with E-state index in [1.165, 1.54) is 7.11 Å². The quantitative estimate of drug-likeness (QED) is 0.672. The van der Waals surface area contributed by atoms with E-state index in [0.29, 0.717) is 22.8 Å². The van der Waals surface area contributed by atoms with Gasteiger partial charge in [0.25, 0.3) is 5.66 Å². The van der Waals surface area contributed by atoms with Crippen LogP contribution in [0.15, 0.2) is 48.5 Å². The SMILES string of the molecule is COc1ccc([C@@]2(C)N(O)C(C)(C)C(c3ccccc3)=[N+]2[O-])cc1OC. The highest BCUT2D eigenvalue weighted by molar-refractivity contribution is 6.04. The molecule has 26 heavy (non-hydrogen) atoms. The molecule has 0 bridgehead atoms. The topological polar surface area (TPSA) is 68.0 Å². The molecule has 0 radical (unpaired) electrons. The van der Waals surface area contributed by atoms with Crippen LogP contribution >= 0.6 is 0 Å². The van der Waals surface area contributed by atoms with Crippen LogP contribution in [0.25, 0.3) is 0 Å². The molecular weight excluding hydrogens is 332 g/mol. The van der Waals surface area contributed by atoms with Crippen LogP contribution in [0.2, 0.25) is 0 Å². The van der Waals surface area contributed by atoms with Gasteiger partial charge in [-0.15, -0.1) is 5.06 Å². The maximum Gasteiger partial charge on any atom is 0.274 e. The molecule has 6 nitrogen and oxygen atoms in total. The fraction of sp³-hybridized carbons (Fsp3) is 0.350. The molecule has 6 heteroatoms. The molecule has 0 spiro atoms. The van der Waals surface area contributed by atoms with Crippen molar-refractivity contribution < 1.29 is 19.4 Å². The minimum Gasteiger partial charge on any atom is -0.622 e. The zero-order valence-corrected chi connectivity index (χ0v) is 15.7. The summed E-state index contributed by atoms with van der Waals surface area (Å²) < 4.78 is 11.5. The number of hydrogen-bond donors (Lipinski definition) is 1. The Balaban J connectivity index is 2.22. The van der Waals surface area contributed by atoms with Gasteiger partial charge in [-0.05, 0) is 44.2 Å². The van der Waals surface area contributed by atoms with Crippen molar-refractivity contribution in [1.82, 2.24) is 5.06 Å². The van der Waals surface area contributed by atoms with Crippen molar-refractivity contribution in [3.05, 3.63) is 64.9 Å². The molecule has 0 unspecified atom stereocenters. The van der Waals surface area contributed by atoms with Crippen LogP contribution in [-0.4, -0.2) is 40.5 Å². The second-order valence-corrected chi connectivity index (χ2v) is 6.97. The van der Waals surface area contributed by atoms with Gasteiger partial charge in [0.2, 0.25) is 5.71 Å². The maximum absolute atomic E-state index is 13.4. The number of rotatable bonds is 4. The molecule has 0 saturated carbocycles. The van der Waals surface area contributed by atoms with Crippen LogP contribution in [-0.2, 0) is 5.66 Å². The van der Waals surface area contributed by atoms with E-state index in [1.807, 2.05) is 44.2 Å². The van der Waals surface area contributed by atoms with Crippen molar-refractivity contribution in [2.24, 2.45) is 0 Å². The Morgan fingerprint density at radius 1 is 0.962 bits per heavy atom. The van der Waals surface area contributed by atoms with Gasteiger partial charge in [-0.1, -0.05) is 18.2 Å². The van der Waals surface area contributed by atoms with E-state index >= 15 is 0 Å². The number of hydrogen-bond acceptors (Lipinski definition) is 5. The fourth-order valence-electron chi connectivity index (χ4n) is 3.63. The van der Waals surface area contributed by atoms with Gasteiger partial charge < -0.3 is 19.9 Å². The molecule has 1 aliphatic rings. The summed E-state index contributed by atoms with van der Waals surface area (Å²) in [6.45, 7) is 5.34. The minimum atomic E-state index is -1.31. The van der Waals surface area contributed by atoms with E-state index in [1.54, 1.807) is 32.2 Å². The van der Waals surface area contributed by atoms with Crippen molar-refractivity contribution >= 4 is 5.71 Å². The van der Waals surface area contributed by atoms with Gasteiger partial charge >= 0.3 is 0 Å². The maximum atomic E-state index is 13.4. The molecule has 1 heterocycles. The number of hydroxylamine groups is 3. The summed E-state index contributed by atoms with van der Waals surface area (Å²) in [6, 6.07) is 14.6. The molecule has 2 aromatic rings. The lowest BCUT2D eigenvalue weighted by Gasteiger charge is -2.33. The van der Waals surface area contributed by atoms with Crippen LogP contribution < -0.4 is 9.47 Å². The first-order valence-corrected chi connectivity index (χ1v) is 8.40. The number of methoxy groups -OCH3 is 2. The van der Waals surface area contributed by atoms with Crippen molar-refractivity contribution in [2.45, 2.75) is 32.0 Å². The van der Waals surface area contributed by atoms with Crippen LogP contribution in [0.3, 0.4) is 0 Å². The highest BCUT2D eigenvalue weighted by Gasteiger charge is 2.60. The molecule has 0 aliphatic carbocycles. The van der Waals surface area contributed by atoms with Gasteiger partial charge in [0, 0.05) is 18.1 Å². The summed E-state index contributed by atoms with van der Waals surface area (Å²) >= 11 is 0. The molecule has 0 fully saturated rings. The number of benzene rings is 2. The Morgan fingerprint density at radius 3 is 2.15 bits per heavy atom. The molecule has 1 aliphatic heterocycles. The normalized spacial score (nSPS) is 22.5. The van der Waals surface area contributed by atoms with E-state index in [4.69, 9.17) is 9.47 Å². The summed E-state index contributed by atoms with van der Waals surface area (Å²) in [5, 5.41) is 25.5. The van der Waals surface area contributed by atoms with Crippen LogP contribution in [0.4, 0.5) is 0 Å². The summed E-state index contributed by atoms with van der Waals surface area (Å²) in [7, 11) is 3.09. The van der Waals surface area contributed by atoms with E-state index in [0.717, 1.165) is 15.4 Å². The third-order valence-electron chi connectivity index (χ3n) is 5.10. The van der Waals surface area contributed by atoms with E-state index in [9.17, 15) is 10.4 Å². The van der Waals surface area contributed by atoms with Gasteiger partial charge in [-0.2, -0.15) is 4.74 Å². The fourth-order valence-corrected chi connectivity index (χ4v) is 3.63. The van der Waals surface area contributed by atoms with Crippen LogP contribution in [0, 0.1) is 5.21 Å². The average Bonchev–Trinajstić information content (AvgIpc) is 2.79. The molecule has 1 N–H and O–H groups in total. The third kappa shape index (κ3) is 2.45. The molecule has 0 saturated heterocycles. The summed E-state index contributed by atoms with van der Waals surface area (Å²) in [5.74, 6) is 1.06. The van der Waals surface area contributed by atoms with Crippen molar-refractivity contribution in [2.75, 3.05) is 14.2 Å². The second kappa shape index (κ2) is 6.30. The van der Waals surface area contributed by atoms with Gasteiger partial charge in [0.05, 0.1) is 14.2 Å². The Kier molecular flexibility index (Phi) is 4.42. The minimum absolute atomic E-state index is 0.498. The van der Waals surface area contributed by atoms with E-state index in [-0.39, 0.29) is 0 Å². The first-order valence-electron chi connectivity index (χ1n) is 8.40. The number of nitrogens with zero attached hydrogens (tertiary/aromatic N) is 2. The van der Waals surface area contributed by atoms with Crippen LogP contribution in [0.1, 0.15) is 31.9 Å². The Bertz CT molecular complexity index is 848. The smallest absolute Gasteiger partial charge is 0.274 e. The highest BCUT2D eigenvalue weighted by atomic mass is 16.6. The Morgan fingerprint density at radius 2 is 1.58 bits per heavy atom. The van der Waals surface area contributed by atoms with Gasteiger partial charge in [-0.3, -0.25) is 0 Å². The monoisotopic (exact) mass is 356 g/mol. The first-order chi connectivity index (χ1) is 12.3. The zero-order valence-electron chi connectivity index (χ0n) is 15.7. The second-order valence-electron chi connectivity index (χ2n) is 6.97. The predicted molar refractivity (Wildman–Crippen MR) is 98.8 cm³/mol. The van der Waals surface area contributed by atoms with Crippen molar-refractivity contribution in [1.29, 1.82) is 0 Å². The Labute approximate surface area is 153 Å². The average molecular weight is 356 g/mol. The molecule has 138 valence electrons. The highest BCUT2D eigenvalue weighted by Crippen LogP contribution is 2.43. The third-order valence-corrected chi connectivity index (χ3v) is 5.10. The lowest BCUT2D eigenvalue weighted by molar-refractivity contribution is -0.597.